The predicted molar refractivity (Wildman–Crippen MR) is 120 cm³/mol. The Morgan fingerprint density at radius 1 is 1.00 bits per heavy atom. The van der Waals surface area contributed by atoms with Crippen molar-refractivity contribution in [3.8, 4) is 5.75 Å². The second-order valence-electron chi connectivity index (χ2n) is 7.80. The van der Waals surface area contributed by atoms with Gasteiger partial charge in [-0.05, 0) is 60.1 Å². The van der Waals surface area contributed by atoms with Crippen molar-refractivity contribution >= 4 is 23.0 Å². The highest BCUT2D eigenvalue weighted by Gasteiger charge is 2.27. The van der Waals surface area contributed by atoms with E-state index in [0.717, 1.165) is 18.0 Å². The Morgan fingerprint density at radius 2 is 1.61 bits per heavy atom. The van der Waals surface area contributed by atoms with Crippen molar-refractivity contribution in [1.82, 2.24) is 5.32 Å². The van der Waals surface area contributed by atoms with Gasteiger partial charge in [-0.2, -0.15) is 0 Å². The minimum Gasteiger partial charge on any atom is -0.497 e. The molecule has 0 amide bonds. The predicted octanol–water partition coefficient (Wildman–Crippen LogP) is 3.53. The summed E-state index contributed by atoms with van der Waals surface area (Å²) in [5.41, 5.74) is 3.69. The fourth-order valence-corrected chi connectivity index (χ4v) is 4.03. The van der Waals surface area contributed by atoms with Crippen molar-refractivity contribution in [3.63, 3.8) is 0 Å². The van der Waals surface area contributed by atoms with Crippen molar-refractivity contribution < 1.29 is 9.64 Å². The van der Waals surface area contributed by atoms with Crippen LogP contribution < -0.4 is 20.3 Å². The van der Waals surface area contributed by atoms with Crippen LogP contribution in [-0.2, 0) is 0 Å². The van der Waals surface area contributed by atoms with Gasteiger partial charge < -0.3 is 20.3 Å². The van der Waals surface area contributed by atoms with E-state index in [0.29, 0.717) is 17.1 Å². The molecule has 0 bridgehead atoms. The summed E-state index contributed by atoms with van der Waals surface area (Å²) in [6.45, 7) is 7.66. The van der Waals surface area contributed by atoms with E-state index in [-0.39, 0.29) is 0 Å². The molecule has 1 fully saturated rings. The van der Waals surface area contributed by atoms with Gasteiger partial charge in [-0.25, -0.2) is 0 Å². The lowest BCUT2D eigenvalue weighted by molar-refractivity contribution is -0.918. The summed E-state index contributed by atoms with van der Waals surface area (Å²) < 4.78 is 5.31. The molecular weight excluding hydrogens is 366 g/mol. The zero-order chi connectivity index (χ0) is 19.9. The number of ether oxygens (including phenoxy) is 1. The summed E-state index contributed by atoms with van der Waals surface area (Å²) in [5.74, 6) is 1.43. The van der Waals surface area contributed by atoms with E-state index in [4.69, 9.17) is 17.0 Å². The summed E-state index contributed by atoms with van der Waals surface area (Å²) in [6, 6.07) is 17.3. The van der Waals surface area contributed by atoms with Crippen molar-refractivity contribution in [2.24, 2.45) is 0 Å². The van der Waals surface area contributed by atoms with Gasteiger partial charge in [-0.3, -0.25) is 0 Å². The molecule has 4 nitrogen and oxygen atoms in total. The number of thiocarbonyl (C=S) groups is 1. The Labute approximate surface area is 174 Å². The lowest BCUT2D eigenvalue weighted by Gasteiger charge is -2.26. The molecule has 0 saturated carbocycles. The van der Waals surface area contributed by atoms with Crippen molar-refractivity contribution in [2.45, 2.75) is 38.6 Å². The molecule has 0 aliphatic carbocycles. The van der Waals surface area contributed by atoms with Gasteiger partial charge in [0, 0.05) is 24.1 Å². The smallest absolute Gasteiger partial charge is 0.171 e. The van der Waals surface area contributed by atoms with E-state index in [2.05, 4.69) is 60.9 Å². The van der Waals surface area contributed by atoms with Gasteiger partial charge in [0.05, 0.1) is 26.7 Å². The number of likely N-dealkylation sites (tertiary alicyclic amines) is 1. The first-order valence-corrected chi connectivity index (χ1v) is 10.6. The summed E-state index contributed by atoms with van der Waals surface area (Å²) in [5, 5.41) is 7.43. The van der Waals surface area contributed by atoms with Gasteiger partial charge in [-0.1, -0.05) is 26.0 Å². The van der Waals surface area contributed by atoms with Gasteiger partial charge in [0.25, 0.3) is 0 Å². The van der Waals surface area contributed by atoms with Crippen LogP contribution in [0.4, 0.5) is 5.69 Å². The van der Waals surface area contributed by atoms with E-state index in [1.165, 1.54) is 37.1 Å². The average Bonchev–Trinajstić information content (AvgIpc) is 3.23. The third kappa shape index (κ3) is 5.46. The Morgan fingerprint density at radius 3 is 2.18 bits per heavy atom. The Hall–Kier alpha value is -2.11. The normalized spacial score (nSPS) is 15.4. The number of quaternary nitrogens is 1. The van der Waals surface area contributed by atoms with Crippen molar-refractivity contribution in [2.75, 3.05) is 32.1 Å². The van der Waals surface area contributed by atoms with Crippen LogP contribution in [-0.4, -0.2) is 31.9 Å². The molecule has 5 heteroatoms. The van der Waals surface area contributed by atoms with Crippen LogP contribution in [0.1, 0.15) is 49.8 Å². The number of methoxy groups -OCH3 is 1. The highest BCUT2D eigenvalue weighted by Crippen LogP contribution is 2.18. The minimum atomic E-state index is 0.386. The lowest BCUT2D eigenvalue weighted by atomic mass is 10.0. The van der Waals surface area contributed by atoms with Crippen LogP contribution in [0.15, 0.2) is 48.5 Å². The molecule has 2 aromatic rings. The Balaban J connectivity index is 1.61. The first-order valence-electron chi connectivity index (χ1n) is 10.2. The molecular formula is C23H32N3OS+. The molecule has 1 aliphatic heterocycles. The molecule has 3 rings (SSSR count). The Bertz CT molecular complexity index is 752. The molecule has 1 aliphatic rings. The quantitative estimate of drug-likeness (QED) is 0.624. The number of nitrogens with one attached hydrogen (secondary N) is 3. The van der Waals surface area contributed by atoms with E-state index < -0.39 is 0 Å². The zero-order valence-electron chi connectivity index (χ0n) is 17.1. The van der Waals surface area contributed by atoms with E-state index in [1.54, 1.807) is 12.0 Å². The Kier molecular flexibility index (Phi) is 7.29. The molecule has 1 atom stereocenters. The molecule has 3 N–H and O–H groups in total. The average molecular weight is 399 g/mol. The molecule has 28 heavy (non-hydrogen) atoms. The van der Waals surface area contributed by atoms with Gasteiger partial charge in [0.15, 0.2) is 5.11 Å². The summed E-state index contributed by atoms with van der Waals surface area (Å²) >= 11 is 5.55. The molecule has 1 heterocycles. The van der Waals surface area contributed by atoms with Gasteiger partial charge in [0.1, 0.15) is 11.8 Å². The van der Waals surface area contributed by atoms with Crippen LogP contribution in [0, 0.1) is 0 Å². The van der Waals surface area contributed by atoms with E-state index in [1.807, 2.05) is 12.1 Å². The molecule has 150 valence electrons. The minimum absolute atomic E-state index is 0.386. The topological polar surface area (TPSA) is 37.7 Å². The van der Waals surface area contributed by atoms with Crippen molar-refractivity contribution in [3.05, 3.63) is 59.7 Å². The molecule has 0 unspecified atom stereocenters. The van der Waals surface area contributed by atoms with Gasteiger partial charge in [0.2, 0.25) is 0 Å². The maximum absolute atomic E-state index is 5.55. The van der Waals surface area contributed by atoms with Crippen LogP contribution in [0.2, 0.25) is 0 Å². The molecule has 0 aromatic heterocycles. The number of rotatable bonds is 7. The fourth-order valence-electron chi connectivity index (χ4n) is 3.83. The second-order valence-corrected chi connectivity index (χ2v) is 8.21. The molecule has 1 saturated heterocycles. The maximum Gasteiger partial charge on any atom is 0.171 e. The number of hydrogen-bond acceptors (Lipinski definition) is 2. The second kappa shape index (κ2) is 9.89. The summed E-state index contributed by atoms with van der Waals surface area (Å²) in [7, 11) is 1.71. The van der Waals surface area contributed by atoms with Crippen LogP contribution in [0.3, 0.4) is 0 Å². The lowest BCUT2D eigenvalue weighted by Crippen LogP contribution is -3.11. The summed E-state index contributed by atoms with van der Waals surface area (Å²) in [6.07, 6.45) is 2.60. The first-order chi connectivity index (χ1) is 13.6. The van der Waals surface area contributed by atoms with E-state index >= 15 is 0 Å². The number of benzene rings is 2. The third-order valence-electron chi connectivity index (χ3n) is 5.56. The van der Waals surface area contributed by atoms with Crippen LogP contribution in [0.5, 0.6) is 5.75 Å². The fraction of sp³-hybridized carbons (Fsp3) is 0.435. The monoisotopic (exact) mass is 398 g/mol. The zero-order valence-corrected chi connectivity index (χ0v) is 17.9. The molecule has 0 spiro atoms. The largest absolute Gasteiger partial charge is 0.497 e. The van der Waals surface area contributed by atoms with Gasteiger partial charge >= 0.3 is 0 Å². The van der Waals surface area contributed by atoms with Crippen LogP contribution >= 0.6 is 12.2 Å². The van der Waals surface area contributed by atoms with Gasteiger partial charge in [-0.15, -0.1) is 0 Å². The third-order valence-corrected chi connectivity index (χ3v) is 5.81. The van der Waals surface area contributed by atoms with Crippen LogP contribution in [0.25, 0.3) is 0 Å². The highest BCUT2D eigenvalue weighted by molar-refractivity contribution is 7.80. The SMILES string of the molecule is COc1ccc([C@@H](CNC(=S)Nc2ccc(C(C)C)cc2)[NH+]2CCCC2)cc1. The highest BCUT2D eigenvalue weighted by atomic mass is 32.1. The number of hydrogen-bond donors (Lipinski definition) is 3. The standard InChI is InChI=1S/C23H31N3OS/c1-17(2)18-6-10-20(11-7-18)25-23(28)24-16-22(26-14-4-5-15-26)19-8-12-21(27-3)13-9-19/h6-13,17,22H,4-5,14-16H2,1-3H3,(H2,24,25,28)/p+1/t22-/m1/s1. The van der Waals surface area contributed by atoms with E-state index in [9.17, 15) is 0 Å². The summed E-state index contributed by atoms with van der Waals surface area (Å²) in [4.78, 5) is 1.63. The molecule has 0 radical (unpaired) electrons. The maximum atomic E-state index is 5.55. The van der Waals surface area contributed by atoms with Crippen molar-refractivity contribution in [1.29, 1.82) is 0 Å². The molecule has 2 aromatic carbocycles. The number of anilines is 1. The first kappa shape index (κ1) is 20.6.